The van der Waals surface area contributed by atoms with E-state index < -0.39 is 10.0 Å². The molecule has 1 aromatic heterocycles. The summed E-state index contributed by atoms with van der Waals surface area (Å²) in [7, 11) is 1.29. The van der Waals surface area contributed by atoms with Gasteiger partial charge in [0.25, 0.3) is 0 Å². The molecule has 1 rings (SSSR count). The number of aromatic nitrogens is 1. The standard InChI is InChI=1S/C10H17N3O3S/c1-12(2)17(15,16)9-4-5-10(11-8-9)13(3)6-7-14/h4-5,8,14H,6-7H2,1-3H3. The Labute approximate surface area is 102 Å². The summed E-state index contributed by atoms with van der Waals surface area (Å²) in [6.45, 7) is 0.475. The van der Waals surface area contributed by atoms with Crippen LogP contribution in [0.15, 0.2) is 23.2 Å². The average molecular weight is 259 g/mol. The van der Waals surface area contributed by atoms with Crippen molar-refractivity contribution in [3.8, 4) is 0 Å². The van der Waals surface area contributed by atoms with E-state index in [4.69, 9.17) is 5.11 Å². The first-order valence-electron chi connectivity index (χ1n) is 5.10. The summed E-state index contributed by atoms with van der Waals surface area (Å²) in [5.74, 6) is 0.622. The Morgan fingerprint density at radius 3 is 2.35 bits per heavy atom. The lowest BCUT2D eigenvalue weighted by Crippen LogP contribution is -2.24. The van der Waals surface area contributed by atoms with E-state index in [1.165, 1.54) is 26.4 Å². The van der Waals surface area contributed by atoms with E-state index >= 15 is 0 Å². The number of aliphatic hydroxyl groups is 1. The van der Waals surface area contributed by atoms with Crippen LogP contribution in [0.25, 0.3) is 0 Å². The SMILES string of the molecule is CN(CCO)c1ccc(S(=O)(=O)N(C)C)cn1. The maximum Gasteiger partial charge on any atom is 0.244 e. The number of pyridine rings is 1. The molecule has 0 atom stereocenters. The van der Waals surface area contributed by atoms with Crippen LogP contribution in [-0.2, 0) is 10.0 Å². The maximum atomic E-state index is 11.8. The summed E-state index contributed by atoms with van der Waals surface area (Å²) in [5, 5.41) is 8.78. The molecule has 0 saturated heterocycles. The molecule has 0 spiro atoms. The molecular weight excluding hydrogens is 242 g/mol. The highest BCUT2D eigenvalue weighted by Crippen LogP contribution is 2.15. The zero-order valence-electron chi connectivity index (χ0n) is 10.2. The van der Waals surface area contributed by atoms with Crippen LogP contribution in [0.2, 0.25) is 0 Å². The second-order valence-corrected chi connectivity index (χ2v) is 5.94. The Balaban J connectivity index is 2.96. The van der Waals surface area contributed by atoms with Gasteiger partial charge in [0.15, 0.2) is 0 Å². The van der Waals surface area contributed by atoms with E-state index in [1.54, 1.807) is 18.0 Å². The Morgan fingerprint density at radius 1 is 1.29 bits per heavy atom. The van der Waals surface area contributed by atoms with Crippen molar-refractivity contribution in [1.82, 2.24) is 9.29 Å². The first-order valence-corrected chi connectivity index (χ1v) is 6.54. The second-order valence-electron chi connectivity index (χ2n) is 3.78. The predicted molar refractivity (Wildman–Crippen MR) is 65.5 cm³/mol. The number of likely N-dealkylation sites (N-methyl/N-ethyl adjacent to an activating group) is 1. The summed E-state index contributed by atoms with van der Waals surface area (Å²) < 4.78 is 24.7. The van der Waals surface area contributed by atoms with Gasteiger partial charge in [-0.15, -0.1) is 0 Å². The normalized spacial score (nSPS) is 11.8. The quantitative estimate of drug-likeness (QED) is 0.790. The number of aliphatic hydroxyl groups excluding tert-OH is 1. The highest BCUT2D eigenvalue weighted by molar-refractivity contribution is 7.89. The summed E-state index contributed by atoms with van der Waals surface area (Å²) >= 11 is 0. The highest BCUT2D eigenvalue weighted by Gasteiger charge is 2.17. The van der Waals surface area contributed by atoms with E-state index in [-0.39, 0.29) is 11.5 Å². The fraction of sp³-hybridized carbons (Fsp3) is 0.500. The molecule has 0 bridgehead atoms. The number of anilines is 1. The molecule has 1 heterocycles. The summed E-state index contributed by atoms with van der Waals surface area (Å²) in [5.41, 5.74) is 0. The third kappa shape index (κ3) is 3.15. The van der Waals surface area contributed by atoms with Gasteiger partial charge in [-0.05, 0) is 12.1 Å². The first kappa shape index (κ1) is 13.9. The highest BCUT2D eigenvalue weighted by atomic mass is 32.2. The van der Waals surface area contributed by atoms with Crippen molar-refractivity contribution < 1.29 is 13.5 Å². The van der Waals surface area contributed by atoms with Crippen molar-refractivity contribution >= 4 is 15.8 Å². The maximum absolute atomic E-state index is 11.8. The van der Waals surface area contributed by atoms with Crippen molar-refractivity contribution in [3.05, 3.63) is 18.3 Å². The summed E-state index contributed by atoms with van der Waals surface area (Å²) in [4.78, 5) is 5.95. The van der Waals surface area contributed by atoms with Gasteiger partial charge in [-0.3, -0.25) is 0 Å². The van der Waals surface area contributed by atoms with Crippen molar-refractivity contribution in [2.75, 3.05) is 39.2 Å². The molecule has 17 heavy (non-hydrogen) atoms. The van der Waals surface area contributed by atoms with Gasteiger partial charge in [-0.2, -0.15) is 0 Å². The van der Waals surface area contributed by atoms with Crippen LogP contribution >= 0.6 is 0 Å². The molecule has 0 aliphatic rings. The lowest BCUT2D eigenvalue weighted by atomic mass is 10.4. The van der Waals surface area contributed by atoms with Gasteiger partial charge < -0.3 is 10.0 Å². The Bertz CT molecular complexity index is 456. The predicted octanol–water partition coefficient (Wildman–Crippen LogP) is -0.240. The van der Waals surface area contributed by atoms with E-state index in [9.17, 15) is 8.42 Å². The molecule has 0 saturated carbocycles. The first-order chi connectivity index (χ1) is 7.89. The molecule has 0 aliphatic carbocycles. The number of nitrogens with zero attached hydrogens (tertiary/aromatic N) is 3. The van der Waals surface area contributed by atoms with E-state index in [2.05, 4.69) is 4.98 Å². The van der Waals surface area contributed by atoms with Crippen molar-refractivity contribution in [2.24, 2.45) is 0 Å². The third-order valence-corrected chi connectivity index (χ3v) is 4.12. The lowest BCUT2D eigenvalue weighted by Gasteiger charge is -2.17. The topological polar surface area (TPSA) is 73.7 Å². The molecule has 0 radical (unpaired) electrons. The van der Waals surface area contributed by atoms with Crippen LogP contribution < -0.4 is 4.90 Å². The second kappa shape index (κ2) is 5.44. The fourth-order valence-corrected chi connectivity index (χ4v) is 2.07. The van der Waals surface area contributed by atoms with Crippen LogP contribution in [0.3, 0.4) is 0 Å². The minimum Gasteiger partial charge on any atom is -0.395 e. The largest absolute Gasteiger partial charge is 0.395 e. The molecule has 0 amide bonds. The molecule has 6 nitrogen and oxygen atoms in total. The van der Waals surface area contributed by atoms with Gasteiger partial charge in [0.2, 0.25) is 10.0 Å². The molecule has 7 heteroatoms. The lowest BCUT2D eigenvalue weighted by molar-refractivity contribution is 0.304. The molecule has 0 aliphatic heterocycles. The molecule has 1 aromatic rings. The number of hydrogen-bond donors (Lipinski definition) is 1. The van der Waals surface area contributed by atoms with Gasteiger partial charge in [-0.25, -0.2) is 17.7 Å². The van der Waals surface area contributed by atoms with Gasteiger partial charge in [0, 0.05) is 33.9 Å². The Kier molecular flexibility index (Phi) is 4.44. The van der Waals surface area contributed by atoms with Crippen LogP contribution in [0.5, 0.6) is 0 Å². The fourth-order valence-electron chi connectivity index (χ4n) is 1.23. The molecular formula is C10H17N3O3S. The van der Waals surface area contributed by atoms with Gasteiger partial charge >= 0.3 is 0 Å². The van der Waals surface area contributed by atoms with Crippen LogP contribution in [-0.4, -0.2) is 57.1 Å². The number of rotatable bonds is 5. The Hall–Kier alpha value is -1.18. The molecule has 0 fully saturated rings. The molecule has 96 valence electrons. The number of hydrogen-bond acceptors (Lipinski definition) is 5. The average Bonchev–Trinajstić information content (AvgIpc) is 2.29. The monoisotopic (exact) mass is 259 g/mol. The van der Waals surface area contributed by atoms with Gasteiger partial charge in [0.05, 0.1) is 6.61 Å². The smallest absolute Gasteiger partial charge is 0.244 e. The zero-order valence-corrected chi connectivity index (χ0v) is 11.0. The van der Waals surface area contributed by atoms with Crippen LogP contribution in [0.4, 0.5) is 5.82 Å². The van der Waals surface area contributed by atoms with Crippen molar-refractivity contribution in [2.45, 2.75) is 4.90 Å². The van der Waals surface area contributed by atoms with Gasteiger partial charge in [-0.1, -0.05) is 0 Å². The van der Waals surface area contributed by atoms with E-state index in [0.717, 1.165) is 4.31 Å². The van der Waals surface area contributed by atoms with E-state index in [1.807, 2.05) is 0 Å². The molecule has 0 unspecified atom stereocenters. The number of sulfonamides is 1. The van der Waals surface area contributed by atoms with E-state index in [0.29, 0.717) is 12.4 Å². The third-order valence-electron chi connectivity index (χ3n) is 2.33. The zero-order chi connectivity index (χ0) is 13.1. The molecule has 0 aromatic carbocycles. The Morgan fingerprint density at radius 2 is 1.94 bits per heavy atom. The van der Waals surface area contributed by atoms with Crippen LogP contribution in [0, 0.1) is 0 Å². The molecule has 1 N–H and O–H groups in total. The van der Waals surface area contributed by atoms with Crippen molar-refractivity contribution in [3.63, 3.8) is 0 Å². The summed E-state index contributed by atoms with van der Waals surface area (Å²) in [6.07, 6.45) is 1.32. The summed E-state index contributed by atoms with van der Waals surface area (Å²) in [6, 6.07) is 3.12. The minimum atomic E-state index is -3.43. The van der Waals surface area contributed by atoms with Gasteiger partial charge in [0.1, 0.15) is 10.7 Å². The van der Waals surface area contributed by atoms with Crippen molar-refractivity contribution in [1.29, 1.82) is 0 Å². The minimum absolute atomic E-state index is 0.0237. The van der Waals surface area contributed by atoms with Crippen LogP contribution in [0.1, 0.15) is 0 Å².